The van der Waals surface area contributed by atoms with Gasteiger partial charge in [0.2, 0.25) is 0 Å². The molecule has 0 radical (unpaired) electrons. The van der Waals surface area contributed by atoms with Crippen LogP contribution in [0.4, 0.5) is 5.82 Å². The van der Waals surface area contributed by atoms with Gasteiger partial charge in [0.25, 0.3) is 0 Å². The lowest BCUT2D eigenvalue weighted by Crippen LogP contribution is -2.00. The molecule has 0 bridgehead atoms. The second-order valence-corrected chi connectivity index (χ2v) is 5.25. The molecule has 1 fully saturated rings. The van der Waals surface area contributed by atoms with E-state index in [0.29, 0.717) is 21.8 Å². The summed E-state index contributed by atoms with van der Waals surface area (Å²) in [6.07, 6.45) is 2.29. The van der Waals surface area contributed by atoms with Gasteiger partial charge in [-0.15, -0.1) is 0 Å². The van der Waals surface area contributed by atoms with E-state index in [0.717, 1.165) is 29.9 Å². The second-order valence-electron chi connectivity index (χ2n) is 4.44. The normalized spacial score (nSPS) is 14.8. The van der Waals surface area contributed by atoms with E-state index in [2.05, 4.69) is 9.97 Å². The molecule has 92 valence electrons. The molecule has 0 saturated heterocycles. The van der Waals surface area contributed by atoms with Crippen molar-refractivity contribution in [3.63, 3.8) is 0 Å². The number of anilines is 1. The van der Waals surface area contributed by atoms with Gasteiger partial charge in [-0.1, -0.05) is 29.3 Å². The van der Waals surface area contributed by atoms with E-state index in [1.165, 1.54) is 0 Å². The molecule has 0 aliphatic heterocycles. The molecule has 1 aromatic carbocycles. The van der Waals surface area contributed by atoms with Crippen molar-refractivity contribution in [1.82, 2.24) is 9.97 Å². The maximum atomic E-state index is 6.01. The predicted molar refractivity (Wildman–Crippen MR) is 73.9 cm³/mol. The maximum absolute atomic E-state index is 6.01. The van der Waals surface area contributed by atoms with Gasteiger partial charge in [0.1, 0.15) is 11.6 Å². The summed E-state index contributed by atoms with van der Waals surface area (Å²) in [6.45, 7) is 0. The van der Waals surface area contributed by atoms with Crippen molar-refractivity contribution in [3.05, 3.63) is 40.1 Å². The number of nitrogens with two attached hydrogens (primary N) is 1. The summed E-state index contributed by atoms with van der Waals surface area (Å²) in [5.74, 6) is 1.79. The summed E-state index contributed by atoms with van der Waals surface area (Å²) in [5, 5.41) is 1.05. The van der Waals surface area contributed by atoms with Crippen LogP contribution in [-0.4, -0.2) is 9.97 Å². The van der Waals surface area contributed by atoms with E-state index < -0.39 is 0 Å². The summed E-state index contributed by atoms with van der Waals surface area (Å²) in [7, 11) is 0. The number of nitrogen functional groups attached to an aromatic ring is 1. The Labute approximate surface area is 115 Å². The van der Waals surface area contributed by atoms with E-state index in [1.807, 2.05) is 6.07 Å². The summed E-state index contributed by atoms with van der Waals surface area (Å²) >= 11 is 11.9. The Kier molecular flexibility index (Phi) is 2.88. The number of rotatable bonds is 2. The lowest BCUT2D eigenvalue weighted by Gasteiger charge is -2.06. The Morgan fingerprint density at radius 1 is 1.06 bits per heavy atom. The monoisotopic (exact) mass is 279 g/mol. The molecular formula is C13H11Cl2N3. The minimum Gasteiger partial charge on any atom is -0.384 e. The molecule has 18 heavy (non-hydrogen) atoms. The van der Waals surface area contributed by atoms with E-state index >= 15 is 0 Å². The number of hydrogen-bond donors (Lipinski definition) is 1. The average molecular weight is 280 g/mol. The molecule has 0 unspecified atom stereocenters. The van der Waals surface area contributed by atoms with Crippen LogP contribution in [0.2, 0.25) is 10.0 Å². The zero-order valence-electron chi connectivity index (χ0n) is 9.53. The van der Waals surface area contributed by atoms with Crippen molar-refractivity contribution in [3.8, 4) is 11.3 Å². The van der Waals surface area contributed by atoms with Gasteiger partial charge in [-0.25, -0.2) is 9.97 Å². The van der Waals surface area contributed by atoms with E-state index in [1.54, 1.807) is 18.2 Å². The highest BCUT2D eigenvalue weighted by atomic mass is 35.5. The molecule has 0 amide bonds. The number of hydrogen-bond acceptors (Lipinski definition) is 3. The van der Waals surface area contributed by atoms with Crippen LogP contribution in [0.1, 0.15) is 24.6 Å². The van der Waals surface area contributed by atoms with Crippen molar-refractivity contribution >= 4 is 29.0 Å². The van der Waals surface area contributed by atoms with E-state index in [4.69, 9.17) is 28.9 Å². The highest BCUT2D eigenvalue weighted by Crippen LogP contribution is 2.39. The smallest absolute Gasteiger partial charge is 0.134 e. The standard InChI is InChI=1S/C13H11Cl2N3/c14-9-4-3-8(5-10(9)15)11-6-12(16)18-13(17-11)7-1-2-7/h3-7H,1-2H2,(H2,16,17,18). The summed E-state index contributed by atoms with van der Waals surface area (Å²) in [4.78, 5) is 8.81. The number of benzene rings is 1. The quantitative estimate of drug-likeness (QED) is 0.907. The molecule has 3 nitrogen and oxygen atoms in total. The van der Waals surface area contributed by atoms with Crippen LogP contribution in [0, 0.1) is 0 Å². The lowest BCUT2D eigenvalue weighted by atomic mass is 10.1. The molecule has 2 aromatic rings. The van der Waals surface area contributed by atoms with Crippen LogP contribution < -0.4 is 5.73 Å². The van der Waals surface area contributed by atoms with Crippen LogP contribution in [0.5, 0.6) is 0 Å². The van der Waals surface area contributed by atoms with Crippen molar-refractivity contribution in [2.75, 3.05) is 5.73 Å². The van der Waals surface area contributed by atoms with Crippen LogP contribution in [-0.2, 0) is 0 Å². The van der Waals surface area contributed by atoms with Crippen molar-refractivity contribution in [2.24, 2.45) is 0 Å². The van der Waals surface area contributed by atoms with E-state index in [9.17, 15) is 0 Å². The van der Waals surface area contributed by atoms with Crippen LogP contribution in [0.3, 0.4) is 0 Å². The summed E-state index contributed by atoms with van der Waals surface area (Å²) in [5.41, 5.74) is 7.52. The summed E-state index contributed by atoms with van der Waals surface area (Å²) < 4.78 is 0. The van der Waals surface area contributed by atoms with Crippen molar-refractivity contribution in [2.45, 2.75) is 18.8 Å². The predicted octanol–water partition coefficient (Wildman–Crippen LogP) is 3.91. The Bertz CT molecular complexity index is 609. The molecule has 1 aliphatic carbocycles. The van der Waals surface area contributed by atoms with E-state index in [-0.39, 0.29) is 0 Å². The number of aromatic nitrogens is 2. The van der Waals surface area contributed by atoms with Gasteiger partial charge < -0.3 is 5.73 Å². The van der Waals surface area contributed by atoms with Gasteiger partial charge in [-0.05, 0) is 25.0 Å². The second kappa shape index (κ2) is 4.41. The summed E-state index contributed by atoms with van der Waals surface area (Å²) in [6, 6.07) is 7.19. The number of nitrogens with zero attached hydrogens (tertiary/aromatic N) is 2. The molecule has 1 saturated carbocycles. The van der Waals surface area contributed by atoms with Gasteiger partial charge in [-0.3, -0.25) is 0 Å². The maximum Gasteiger partial charge on any atom is 0.134 e. The van der Waals surface area contributed by atoms with Gasteiger partial charge in [0.15, 0.2) is 0 Å². The first-order valence-electron chi connectivity index (χ1n) is 5.73. The Morgan fingerprint density at radius 3 is 2.50 bits per heavy atom. The lowest BCUT2D eigenvalue weighted by molar-refractivity contribution is 0.936. The van der Waals surface area contributed by atoms with Gasteiger partial charge in [0, 0.05) is 17.5 Å². The minimum absolute atomic E-state index is 0.468. The fourth-order valence-corrected chi connectivity index (χ4v) is 2.11. The zero-order valence-corrected chi connectivity index (χ0v) is 11.0. The topological polar surface area (TPSA) is 51.8 Å². The van der Waals surface area contributed by atoms with Crippen LogP contribution in [0.15, 0.2) is 24.3 Å². The van der Waals surface area contributed by atoms with Crippen molar-refractivity contribution in [1.29, 1.82) is 0 Å². The fourth-order valence-electron chi connectivity index (χ4n) is 1.81. The molecule has 5 heteroatoms. The van der Waals surface area contributed by atoms with Gasteiger partial charge in [-0.2, -0.15) is 0 Å². The van der Waals surface area contributed by atoms with Gasteiger partial charge >= 0.3 is 0 Å². The molecule has 1 aliphatic rings. The Balaban J connectivity index is 2.07. The molecule has 3 rings (SSSR count). The third-order valence-electron chi connectivity index (χ3n) is 2.92. The SMILES string of the molecule is Nc1cc(-c2ccc(Cl)c(Cl)c2)nc(C2CC2)n1. The Morgan fingerprint density at radius 2 is 1.83 bits per heavy atom. The first-order valence-corrected chi connectivity index (χ1v) is 6.49. The third-order valence-corrected chi connectivity index (χ3v) is 3.66. The van der Waals surface area contributed by atoms with Crippen LogP contribution >= 0.6 is 23.2 Å². The molecule has 1 aromatic heterocycles. The first-order chi connectivity index (χ1) is 8.63. The van der Waals surface area contributed by atoms with Gasteiger partial charge in [0.05, 0.1) is 15.7 Å². The van der Waals surface area contributed by atoms with Crippen molar-refractivity contribution < 1.29 is 0 Å². The molecular weight excluding hydrogens is 269 g/mol. The average Bonchev–Trinajstić information content (AvgIpc) is 3.16. The zero-order chi connectivity index (χ0) is 12.7. The highest BCUT2D eigenvalue weighted by molar-refractivity contribution is 6.42. The largest absolute Gasteiger partial charge is 0.384 e. The minimum atomic E-state index is 0.468. The molecule has 0 spiro atoms. The fraction of sp³-hybridized carbons (Fsp3) is 0.231. The highest BCUT2D eigenvalue weighted by Gasteiger charge is 2.27. The first kappa shape index (κ1) is 11.8. The molecule has 0 atom stereocenters. The molecule has 2 N–H and O–H groups in total. The molecule has 1 heterocycles. The van der Waals surface area contributed by atoms with Crippen LogP contribution in [0.25, 0.3) is 11.3 Å². The number of halogens is 2. The Hall–Kier alpha value is -1.32. The third kappa shape index (κ3) is 2.28.